The fourth-order valence-electron chi connectivity index (χ4n) is 2.92. The second-order valence-electron chi connectivity index (χ2n) is 7.46. The van der Waals surface area contributed by atoms with Gasteiger partial charge in [0.15, 0.2) is 0 Å². The number of aliphatic carboxylic acids is 2. The number of nitrogens with one attached hydrogen (secondary N) is 2. The Morgan fingerprint density at radius 2 is 0.972 bits per heavy atom. The molecule has 0 fully saturated rings. The van der Waals surface area contributed by atoms with E-state index in [1.54, 1.807) is 0 Å². The predicted molar refractivity (Wildman–Crippen MR) is 145 cm³/mol. The smallest absolute Gasteiger partial charge is 0.327 e. The molecule has 2 aromatic rings. The number of carboxylic acids is 2. The normalized spacial score (nSPS) is 11.7. The van der Waals surface area contributed by atoms with Crippen molar-refractivity contribution in [2.24, 2.45) is 0 Å². The molecule has 0 bridgehead atoms. The number of amides is 2. The molecule has 0 aliphatic carbocycles. The summed E-state index contributed by atoms with van der Waals surface area (Å²) in [6.07, 6.45) is 1.35. The first-order valence-electron chi connectivity index (χ1n) is 10.7. The van der Waals surface area contributed by atoms with Crippen molar-refractivity contribution in [3.63, 3.8) is 0 Å². The van der Waals surface area contributed by atoms with E-state index in [9.17, 15) is 29.4 Å². The molecular formula is C24H28K2N2O6S2. The number of carbonyl (C=O) groups excluding carboxylic acids is 2. The van der Waals surface area contributed by atoms with Crippen LogP contribution in [0.4, 0.5) is 0 Å². The number of hydrogen-bond acceptors (Lipinski definition) is 6. The molecule has 0 aliphatic rings. The molecule has 0 aromatic heterocycles. The van der Waals surface area contributed by atoms with E-state index >= 15 is 0 Å². The molecule has 36 heavy (non-hydrogen) atoms. The Bertz CT molecular complexity index is 877. The van der Waals surface area contributed by atoms with Gasteiger partial charge in [-0.2, -0.15) is 0 Å². The molecule has 8 nitrogen and oxygen atoms in total. The molecule has 12 heteroatoms. The van der Waals surface area contributed by atoms with Crippen LogP contribution in [-0.2, 0) is 32.0 Å². The largest absolute Gasteiger partial charge is 0.480 e. The van der Waals surface area contributed by atoms with Gasteiger partial charge < -0.3 is 20.8 Å². The number of carbonyl (C=O) groups is 4. The van der Waals surface area contributed by atoms with Gasteiger partial charge in [-0.3, -0.25) is 9.59 Å². The zero-order valence-corrected chi connectivity index (χ0v) is 28.4. The molecule has 2 radical (unpaired) electrons. The zero-order valence-electron chi connectivity index (χ0n) is 20.5. The van der Waals surface area contributed by atoms with Gasteiger partial charge >= 0.3 is 11.9 Å². The molecule has 0 spiro atoms. The predicted octanol–water partition coefficient (Wildman–Crippen LogP) is 2.01. The molecule has 184 valence electrons. The summed E-state index contributed by atoms with van der Waals surface area (Å²) in [5, 5.41) is 23.8. The summed E-state index contributed by atoms with van der Waals surface area (Å²) in [5.74, 6) is -2.93. The van der Waals surface area contributed by atoms with Crippen LogP contribution < -0.4 is 10.6 Å². The molecule has 0 unspecified atom stereocenters. The Kier molecular flexibility index (Phi) is 21.3. The molecule has 0 aliphatic heterocycles. The van der Waals surface area contributed by atoms with Crippen molar-refractivity contribution in [1.29, 1.82) is 0 Å². The van der Waals surface area contributed by atoms with Gasteiger partial charge in [0.2, 0.25) is 11.8 Å². The molecule has 2 aromatic carbocycles. The van der Waals surface area contributed by atoms with Crippen LogP contribution in [0.5, 0.6) is 0 Å². The summed E-state index contributed by atoms with van der Waals surface area (Å²) in [5.41, 5.74) is 1.97. The van der Waals surface area contributed by atoms with Crippen molar-refractivity contribution in [3.05, 3.63) is 71.8 Å². The molecule has 0 heterocycles. The molecule has 2 rings (SSSR count). The molecule has 2 atom stereocenters. The van der Waals surface area contributed by atoms with Gasteiger partial charge in [0.1, 0.15) is 12.1 Å². The maximum atomic E-state index is 12.1. The van der Waals surface area contributed by atoms with Crippen molar-refractivity contribution in [1.82, 2.24) is 10.6 Å². The van der Waals surface area contributed by atoms with E-state index in [-0.39, 0.29) is 139 Å². The minimum Gasteiger partial charge on any atom is -0.480 e. The summed E-state index contributed by atoms with van der Waals surface area (Å²) in [4.78, 5) is 47.2. The van der Waals surface area contributed by atoms with E-state index in [0.717, 1.165) is 32.7 Å². The van der Waals surface area contributed by atoms with Crippen LogP contribution in [0.1, 0.15) is 24.0 Å². The Balaban J connectivity index is 0.00000612. The van der Waals surface area contributed by atoms with Gasteiger partial charge in [0.05, 0.1) is 0 Å². The number of rotatable bonds is 15. The average molecular weight is 583 g/mol. The summed E-state index contributed by atoms with van der Waals surface area (Å²) in [6, 6.07) is 16.6. The summed E-state index contributed by atoms with van der Waals surface area (Å²) < 4.78 is 0. The van der Waals surface area contributed by atoms with Crippen molar-refractivity contribution in [2.45, 2.75) is 37.8 Å². The van der Waals surface area contributed by atoms with Gasteiger partial charge in [-0.25, -0.2) is 9.59 Å². The third kappa shape index (κ3) is 15.6. The Labute approximate surface area is 304 Å². The molecule has 2 amide bonds. The third-order valence-corrected chi connectivity index (χ3v) is 7.21. The van der Waals surface area contributed by atoms with Gasteiger partial charge in [0.25, 0.3) is 0 Å². The first kappa shape index (κ1) is 36.3. The Morgan fingerprint density at radius 1 is 0.639 bits per heavy atom. The molecular weight excluding hydrogens is 555 g/mol. The standard InChI is InChI=1S/C24H28N2O6S2.2K/c27-21(13-11-17-7-3-1-4-8-17)25-19(23(29)30)15-33-34-16-20(24(31)32)26-22(28)14-12-18-9-5-2-6-10-18;;/h1-10,19-20H,11-16H2,(H,25,27)(H,26,28)(H,29,30)(H,31,32);;/t19-,20-;;/m0../s1. The van der Waals surface area contributed by atoms with E-state index in [1.807, 2.05) is 60.7 Å². The van der Waals surface area contributed by atoms with Crippen LogP contribution in [-0.4, -0.2) is 160 Å². The first-order valence-corrected chi connectivity index (χ1v) is 13.2. The monoisotopic (exact) mass is 582 g/mol. The van der Waals surface area contributed by atoms with Crippen LogP contribution in [0.15, 0.2) is 60.7 Å². The average Bonchev–Trinajstić information content (AvgIpc) is 2.83. The summed E-state index contributed by atoms with van der Waals surface area (Å²) >= 11 is 0. The number of hydrogen-bond donors (Lipinski definition) is 4. The van der Waals surface area contributed by atoms with Crippen molar-refractivity contribution < 1.29 is 29.4 Å². The van der Waals surface area contributed by atoms with Crippen LogP contribution in [0, 0.1) is 0 Å². The Morgan fingerprint density at radius 3 is 1.28 bits per heavy atom. The topological polar surface area (TPSA) is 133 Å². The van der Waals surface area contributed by atoms with E-state index < -0.39 is 24.0 Å². The van der Waals surface area contributed by atoms with E-state index in [1.165, 1.54) is 0 Å². The van der Waals surface area contributed by atoms with Crippen molar-refractivity contribution in [3.8, 4) is 0 Å². The van der Waals surface area contributed by atoms with Crippen LogP contribution >= 0.6 is 21.6 Å². The third-order valence-electron chi connectivity index (χ3n) is 4.79. The number of benzene rings is 2. The molecule has 4 N–H and O–H groups in total. The number of carboxylic acid groups (broad SMARTS) is 2. The summed E-state index contributed by atoms with van der Waals surface area (Å²) in [7, 11) is 2.27. The van der Waals surface area contributed by atoms with Crippen LogP contribution in [0.2, 0.25) is 0 Å². The summed E-state index contributed by atoms with van der Waals surface area (Å²) in [6.45, 7) is 0. The SMILES string of the molecule is O=C(CCc1ccccc1)N[C@@H](CSSC[C@H](NC(=O)CCc1ccccc1)C(=O)O)C(=O)O.[K].[K]. The molecule has 0 saturated heterocycles. The minimum atomic E-state index is -1.16. The molecule has 0 saturated carbocycles. The maximum Gasteiger partial charge on any atom is 0.327 e. The fraction of sp³-hybridized carbons (Fsp3) is 0.333. The van der Waals surface area contributed by atoms with E-state index in [2.05, 4.69) is 10.6 Å². The second kappa shape index (κ2) is 21.2. The van der Waals surface area contributed by atoms with Gasteiger partial charge in [-0.1, -0.05) is 82.3 Å². The van der Waals surface area contributed by atoms with Gasteiger partial charge in [-0.05, 0) is 24.0 Å². The van der Waals surface area contributed by atoms with Crippen LogP contribution in [0.25, 0.3) is 0 Å². The fourth-order valence-corrected chi connectivity index (χ4v) is 5.23. The maximum absolute atomic E-state index is 12.1. The quantitative estimate of drug-likeness (QED) is 0.142. The van der Waals surface area contributed by atoms with E-state index in [4.69, 9.17) is 0 Å². The zero-order chi connectivity index (χ0) is 24.8. The Hall–Kier alpha value is 0.293. The number of aryl methyl sites for hydroxylation is 2. The minimum absolute atomic E-state index is 0. The first-order chi connectivity index (χ1) is 16.3. The van der Waals surface area contributed by atoms with Crippen LogP contribution in [0.3, 0.4) is 0 Å². The van der Waals surface area contributed by atoms with Gasteiger partial charge in [-0.15, -0.1) is 0 Å². The second-order valence-corrected chi connectivity index (χ2v) is 10.0. The van der Waals surface area contributed by atoms with E-state index in [0.29, 0.717) is 12.8 Å². The van der Waals surface area contributed by atoms with Crippen molar-refractivity contribution in [2.75, 3.05) is 11.5 Å². The van der Waals surface area contributed by atoms with Gasteiger partial charge in [0, 0.05) is 127 Å². The van der Waals surface area contributed by atoms with Crippen molar-refractivity contribution >= 4 is 148 Å².